The fraction of sp³-hybridized carbons (Fsp3) is 0.938. The number of halogens is 1. The van der Waals surface area contributed by atoms with E-state index >= 15 is 0 Å². The first-order valence-corrected chi connectivity index (χ1v) is 11.7. The molecule has 9 heteroatoms. The number of nitrogens with zero attached hydrogens (tertiary/aromatic N) is 1. The second-order valence-corrected chi connectivity index (χ2v) is 12.1. The molecule has 0 aliphatic heterocycles. The summed E-state index contributed by atoms with van der Waals surface area (Å²) >= 11 is 0. The molecule has 3 unspecified atom stereocenters. The van der Waals surface area contributed by atoms with Gasteiger partial charge in [-0.2, -0.15) is 0 Å². The number of nitrogens with one attached hydrogen (secondary N) is 2. The molecule has 0 aromatic carbocycles. The minimum Gasteiger partial charge on any atom is -0.355 e. The van der Waals surface area contributed by atoms with Gasteiger partial charge in [-0.15, -0.1) is 24.0 Å². The Labute approximate surface area is 172 Å². The van der Waals surface area contributed by atoms with Crippen LogP contribution in [-0.4, -0.2) is 59.7 Å². The molecule has 1 rings (SSSR count). The molecule has 0 heterocycles. The van der Waals surface area contributed by atoms with Gasteiger partial charge in [-0.3, -0.25) is 9.20 Å². The summed E-state index contributed by atoms with van der Waals surface area (Å²) in [6.45, 7) is 7.43. The van der Waals surface area contributed by atoms with Gasteiger partial charge in [0.05, 0.1) is 10.5 Å². The minimum absolute atomic E-state index is 0. The van der Waals surface area contributed by atoms with Crippen molar-refractivity contribution in [1.82, 2.24) is 10.6 Å². The number of hydrogen-bond acceptors (Lipinski definition) is 4. The van der Waals surface area contributed by atoms with E-state index in [-0.39, 0.29) is 41.0 Å². The SMILES string of the molecule is CCS(=O)C1CCCC(NC(=NC)NCCS(=O)(=O)C(C)(C)C)C1.I. The first-order valence-electron chi connectivity index (χ1n) is 8.67. The highest BCUT2D eigenvalue weighted by Crippen LogP contribution is 2.23. The first kappa shape index (κ1) is 25.1. The monoisotopic (exact) mass is 507 g/mol. The van der Waals surface area contributed by atoms with Crippen molar-refractivity contribution in [2.24, 2.45) is 4.99 Å². The van der Waals surface area contributed by atoms with Crippen LogP contribution in [0, 0.1) is 0 Å². The van der Waals surface area contributed by atoms with Crippen molar-refractivity contribution in [2.75, 3.05) is 25.1 Å². The molecule has 1 aliphatic rings. The normalized spacial score (nSPS) is 23.5. The average Bonchev–Trinajstić information content (AvgIpc) is 2.52. The molecule has 0 spiro atoms. The van der Waals surface area contributed by atoms with Gasteiger partial charge in [0.25, 0.3) is 0 Å². The molecule has 0 radical (unpaired) electrons. The Morgan fingerprint density at radius 2 is 1.92 bits per heavy atom. The van der Waals surface area contributed by atoms with Gasteiger partial charge in [-0.1, -0.05) is 13.3 Å². The average molecular weight is 508 g/mol. The van der Waals surface area contributed by atoms with Crippen LogP contribution in [0.25, 0.3) is 0 Å². The van der Waals surface area contributed by atoms with E-state index in [0.717, 1.165) is 25.7 Å². The zero-order valence-corrected chi connectivity index (χ0v) is 20.0. The minimum atomic E-state index is -3.14. The molecule has 1 fully saturated rings. The summed E-state index contributed by atoms with van der Waals surface area (Å²) in [6.07, 6.45) is 3.98. The number of sulfone groups is 1. The Hall–Kier alpha value is 0.1000. The van der Waals surface area contributed by atoms with Crippen LogP contribution in [0.2, 0.25) is 0 Å². The lowest BCUT2D eigenvalue weighted by atomic mass is 9.95. The summed E-state index contributed by atoms with van der Waals surface area (Å²) < 4.78 is 35.5. The van der Waals surface area contributed by atoms with Crippen molar-refractivity contribution in [3.8, 4) is 0 Å². The lowest BCUT2D eigenvalue weighted by molar-refractivity contribution is 0.414. The molecule has 1 aliphatic carbocycles. The lowest BCUT2D eigenvalue weighted by Gasteiger charge is -2.30. The van der Waals surface area contributed by atoms with E-state index in [9.17, 15) is 12.6 Å². The molecular weight excluding hydrogens is 473 g/mol. The Balaban J connectivity index is 0.00000576. The third kappa shape index (κ3) is 8.11. The Morgan fingerprint density at radius 3 is 2.44 bits per heavy atom. The van der Waals surface area contributed by atoms with Gasteiger partial charge < -0.3 is 10.6 Å². The van der Waals surface area contributed by atoms with Gasteiger partial charge in [0, 0.05) is 41.4 Å². The van der Waals surface area contributed by atoms with Crippen LogP contribution in [0.3, 0.4) is 0 Å². The molecule has 6 nitrogen and oxygen atoms in total. The standard InChI is InChI=1S/C16H33N3O3S2.HI/c1-6-23(20)14-9-7-8-13(12-14)19-15(17-5)18-10-11-24(21,22)16(2,3)4;/h13-14H,6-12H2,1-5H3,(H2,17,18,19);1H. The van der Waals surface area contributed by atoms with Crippen LogP contribution >= 0.6 is 24.0 Å². The van der Waals surface area contributed by atoms with Crippen LogP contribution in [0.4, 0.5) is 0 Å². The molecule has 0 amide bonds. The highest BCUT2D eigenvalue weighted by atomic mass is 127. The Bertz CT molecular complexity index is 559. The molecule has 150 valence electrons. The van der Waals surface area contributed by atoms with E-state index in [1.54, 1.807) is 27.8 Å². The largest absolute Gasteiger partial charge is 0.355 e. The second kappa shape index (κ2) is 11.1. The quantitative estimate of drug-likeness (QED) is 0.327. The third-order valence-corrected chi connectivity index (χ3v) is 8.79. The topological polar surface area (TPSA) is 87.6 Å². The van der Waals surface area contributed by atoms with Crippen molar-refractivity contribution in [3.63, 3.8) is 0 Å². The van der Waals surface area contributed by atoms with E-state index in [2.05, 4.69) is 15.6 Å². The molecule has 1 saturated carbocycles. The fourth-order valence-electron chi connectivity index (χ4n) is 2.75. The van der Waals surface area contributed by atoms with Crippen molar-refractivity contribution >= 4 is 50.6 Å². The number of hydrogen-bond donors (Lipinski definition) is 2. The summed E-state index contributed by atoms with van der Waals surface area (Å²) in [5, 5.41) is 6.69. The predicted octanol–water partition coefficient (Wildman–Crippen LogP) is 2.06. The molecule has 0 aromatic heterocycles. The summed E-state index contributed by atoms with van der Waals surface area (Å²) in [6, 6.07) is 0.240. The molecule has 0 saturated heterocycles. The highest BCUT2D eigenvalue weighted by Gasteiger charge is 2.29. The van der Waals surface area contributed by atoms with E-state index < -0.39 is 25.4 Å². The zero-order valence-electron chi connectivity index (χ0n) is 16.0. The lowest BCUT2D eigenvalue weighted by Crippen LogP contribution is -2.48. The summed E-state index contributed by atoms with van der Waals surface area (Å²) in [7, 11) is -2.22. The maximum Gasteiger partial charge on any atom is 0.191 e. The predicted molar refractivity (Wildman–Crippen MR) is 118 cm³/mol. The van der Waals surface area contributed by atoms with Gasteiger partial charge >= 0.3 is 0 Å². The highest BCUT2D eigenvalue weighted by molar-refractivity contribution is 14.0. The van der Waals surface area contributed by atoms with Crippen LogP contribution in [0.15, 0.2) is 4.99 Å². The summed E-state index contributed by atoms with van der Waals surface area (Å²) in [4.78, 5) is 4.18. The Kier molecular flexibility index (Phi) is 11.1. The van der Waals surface area contributed by atoms with Gasteiger partial charge in [0.1, 0.15) is 0 Å². The maximum absolute atomic E-state index is 12.1. The van der Waals surface area contributed by atoms with E-state index in [1.807, 2.05) is 6.92 Å². The summed E-state index contributed by atoms with van der Waals surface area (Å²) in [5.41, 5.74) is 0. The van der Waals surface area contributed by atoms with Gasteiger partial charge in [-0.25, -0.2) is 8.42 Å². The summed E-state index contributed by atoms with van der Waals surface area (Å²) in [5.74, 6) is 1.39. The molecule has 0 bridgehead atoms. The number of rotatable bonds is 6. The van der Waals surface area contributed by atoms with Crippen LogP contribution in [0.5, 0.6) is 0 Å². The number of guanidine groups is 1. The maximum atomic E-state index is 12.1. The zero-order chi connectivity index (χ0) is 18.4. The van der Waals surface area contributed by atoms with Gasteiger partial charge in [0.15, 0.2) is 15.8 Å². The van der Waals surface area contributed by atoms with Gasteiger partial charge in [0.2, 0.25) is 0 Å². The smallest absolute Gasteiger partial charge is 0.191 e. The van der Waals surface area contributed by atoms with Crippen LogP contribution in [0.1, 0.15) is 53.4 Å². The van der Waals surface area contributed by atoms with Crippen molar-refractivity contribution in [1.29, 1.82) is 0 Å². The van der Waals surface area contributed by atoms with E-state index in [4.69, 9.17) is 0 Å². The second-order valence-electron chi connectivity index (χ2n) is 7.23. The third-order valence-electron chi connectivity index (χ3n) is 4.44. The molecule has 0 aromatic rings. The van der Waals surface area contributed by atoms with Gasteiger partial charge in [-0.05, 0) is 40.0 Å². The molecule has 3 atom stereocenters. The van der Waals surface area contributed by atoms with Crippen molar-refractivity contribution in [2.45, 2.75) is 69.4 Å². The Morgan fingerprint density at radius 1 is 1.28 bits per heavy atom. The van der Waals surface area contributed by atoms with Crippen molar-refractivity contribution in [3.05, 3.63) is 0 Å². The molecule has 2 N–H and O–H groups in total. The number of aliphatic imine (C=N–C) groups is 1. The van der Waals surface area contributed by atoms with Crippen LogP contribution < -0.4 is 10.6 Å². The molecular formula is C16H34IN3O3S2. The van der Waals surface area contributed by atoms with E-state index in [0.29, 0.717) is 18.3 Å². The first-order chi connectivity index (χ1) is 11.1. The van der Waals surface area contributed by atoms with Crippen LogP contribution in [-0.2, 0) is 20.6 Å². The fourth-order valence-corrected chi connectivity index (χ4v) is 5.08. The van der Waals surface area contributed by atoms with E-state index in [1.165, 1.54) is 0 Å². The van der Waals surface area contributed by atoms with Crippen molar-refractivity contribution < 1.29 is 12.6 Å². The molecule has 25 heavy (non-hydrogen) atoms.